The molecule has 23 heavy (non-hydrogen) atoms. The summed E-state index contributed by atoms with van der Waals surface area (Å²) < 4.78 is 0. The molecule has 2 amide bonds. The van der Waals surface area contributed by atoms with E-state index in [1.807, 2.05) is 6.20 Å². The SMILES string of the molecule is CCCCC1CCC(NC(=O)NC2=CNC3PC=CC=C23)CC1. The maximum Gasteiger partial charge on any atom is 0.319 e. The minimum absolute atomic E-state index is 0.0607. The van der Waals surface area contributed by atoms with Gasteiger partial charge in [0.1, 0.15) is 0 Å². The number of fused-ring (bicyclic) bond motifs is 1. The summed E-state index contributed by atoms with van der Waals surface area (Å²) in [5.74, 6) is 3.40. The van der Waals surface area contributed by atoms with Gasteiger partial charge in [0.05, 0.1) is 11.5 Å². The Kier molecular flexibility index (Phi) is 5.77. The van der Waals surface area contributed by atoms with Crippen molar-refractivity contribution >= 4 is 14.6 Å². The van der Waals surface area contributed by atoms with Gasteiger partial charge < -0.3 is 16.0 Å². The number of allylic oxidation sites excluding steroid dienone is 2. The number of carbonyl (C=O) groups excluding carboxylic acids is 1. The second kappa shape index (κ2) is 8.01. The summed E-state index contributed by atoms with van der Waals surface area (Å²) >= 11 is 0. The Labute approximate surface area is 141 Å². The number of hydrogen-bond donors (Lipinski definition) is 3. The third kappa shape index (κ3) is 4.38. The van der Waals surface area contributed by atoms with Crippen molar-refractivity contribution in [2.24, 2.45) is 5.92 Å². The zero-order valence-corrected chi connectivity index (χ0v) is 14.9. The molecule has 2 unspecified atom stereocenters. The highest BCUT2D eigenvalue weighted by molar-refractivity contribution is 7.43. The van der Waals surface area contributed by atoms with Crippen molar-refractivity contribution in [2.75, 3.05) is 0 Å². The number of hydrogen-bond acceptors (Lipinski definition) is 2. The third-order valence-electron chi connectivity index (χ3n) is 5.05. The molecule has 0 spiro atoms. The van der Waals surface area contributed by atoms with Crippen LogP contribution in [0.1, 0.15) is 51.9 Å². The van der Waals surface area contributed by atoms with Gasteiger partial charge in [-0.2, -0.15) is 0 Å². The van der Waals surface area contributed by atoms with Gasteiger partial charge in [-0.1, -0.05) is 52.7 Å². The molecule has 4 nitrogen and oxygen atoms in total. The lowest BCUT2D eigenvalue weighted by atomic mass is 9.83. The standard InChI is InChI=1S/C18H28N3OP/c1-2-3-5-13-7-9-14(10-8-13)20-18(22)21-16-12-19-17-15(16)6-4-11-23-17/h4,6,11-14,17,19,23H,2-3,5,7-10H2,1H3,(H2,20,21,22). The smallest absolute Gasteiger partial charge is 0.319 e. The van der Waals surface area contributed by atoms with Gasteiger partial charge in [0.2, 0.25) is 0 Å². The average Bonchev–Trinajstić information content (AvgIpc) is 2.97. The molecule has 5 heteroatoms. The Morgan fingerprint density at radius 2 is 2.17 bits per heavy atom. The maximum atomic E-state index is 12.3. The van der Waals surface area contributed by atoms with Crippen molar-refractivity contribution in [3.8, 4) is 0 Å². The second-order valence-corrected chi connectivity index (χ2v) is 8.01. The van der Waals surface area contributed by atoms with Crippen LogP contribution in [0, 0.1) is 5.92 Å². The number of nitrogens with one attached hydrogen (secondary N) is 3. The first-order valence-electron chi connectivity index (χ1n) is 8.93. The molecule has 2 heterocycles. The van der Waals surface area contributed by atoms with Gasteiger partial charge in [0.15, 0.2) is 0 Å². The van der Waals surface area contributed by atoms with Crippen LogP contribution in [-0.4, -0.2) is 17.9 Å². The fourth-order valence-electron chi connectivity index (χ4n) is 3.66. The van der Waals surface area contributed by atoms with Crippen molar-refractivity contribution in [2.45, 2.75) is 63.7 Å². The van der Waals surface area contributed by atoms with Gasteiger partial charge in [-0.15, -0.1) is 0 Å². The quantitative estimate of drug-likeness (QED) is 0.668. The van der Waals surface area contributed by atoms with Crippen molar-refractivity contribution < 1.29 is 4.79 Å². The molecule has 0 aromatic carbocycles. The molecule has 2 aliphatic heterocycles. The van der Waals surface area contributed by atoms with Gasteiger partial charge in [-0.25, -0.2) is 4.79 Å². The highest BCUT2D eigenvalue weighted by Gasteiger charge is 2.26. The number of rotatable bonds is 5. The normalized spacial score (nSPS) is 30.2. The first-order valence-corrected chi connectivity index (χ1v) is 10.1. The topological polar surface area (TPSA) is 53.2 Å². The van der Waals surface area contributed by atoms with E-state index in [1.165, 1.54) is 37.7 Å². The summed E-state index contributed by atoms with van der Waals surface area (Å²) in [7, 11) is 0.736. The van der Waals surface area contributed by atoms with E-state index in [4.69, 9.17) is 0 Å². The summed E-state index contributed by atoms with van der Waals surface area (Å²) in [5, 5.41) is 9.51. The minimum atomic E-state index is -0.0607. The van der Waals surface area contributed by atoms with Crippen LogP contribution in [0.5, 0.6) is 0 Å². The average molecular weight is 333 g/mol. The van der Waals surface area contributed by atoms with E-state index in [9.17, 15) is 4.79 Å². The molecule has 0 aromatic rings. The highest BCUT2D eigenvalue weighted by Crippen LogP contribution is 2.35. The van der Waals surface area contributed by atoms with E-state index in [0.717, 1.165) is 33.0 Å². The van der Waals surface area contributed by atoms with E-state index in [1.54, 1.807) is 0 Å². The van der Waals surface area contributed by atoms with Crippen molar-refractivity contribution in [3.63, 3.8) is 0 Å². The van der Waals surface area contributed by atoms with Crippen LogP contribution in [-0.2, 0) is 0 Å². The lowest BCUT2D eigenvalue weighted by molar-refractivity contribution is 0.227. The van der Waals surface area contributed by atoms with E-state index >= 15 is 0 Å². The van der Waals surface area contributed by atoms with E-state index in [2.05, 4.69) is 40.8 Å². The van der Waals surface area contributed by atoms with Gasteiger partial charge in [0.25, 0.3) is 0 Å². The lowest BCUT2D eigenvalue weighted by Gasteiger charge is -2.29. The lowest BCUT2D eigenvalue weighted by Crippen LogP contribution is -2.43. The van der Waals surface area contributed by atoms with Crippen molar-refractivity contribution in [1.82, 2.24) is 16.0 Å². The summed E-state index contributed by atoms with van der Waals surface area (Å²) in [4.78, 5) is 12.3. The second-order valence-electron chi connectivity index (χ2n) is 6.76. The van der Waals surface area contributed by atoms with E-state index < -0.39 is 0 Å². The Morgan fingerprint density at radius 1 is 1.35 bits per heavy atom. The van der Waals surface area contributed by atoms with E-state index in [0.29, 0.717) is 11.8 Å². The van der Waals surface area contributed by atoms with Crippen molar-refractivity contribution in [3.05, 3.63) is 35.4 Å². The van der Waals surface area contributed by atoms with Crippen molar-refractivity contribution in [1.29, 1.82) is 0 Å². The zero-order chi connectivity index (χ0) is 16.1. The molecule has 3 rings (SSSR count). The Bertz CT molecular complexity index is 518. The molecule has 0 aromatic heterocycles. The monoisotopic (exact) mass is 333 g/mol. The Hall–Kier alpha value is -1.28. The third-order valence-corrected chi connectivity index (χ3v) is 6.24. The van der Waals surface area contributed by atoms with Crippen LogP contribution >= 0.6 is 8.58 Å². The molecular formula is C18H28N3OP. The molecule has 1 fully saturated rings. The largest absolute Gasteiger partial charge is 0.378 e. The molecule has 0 bridgehead atoms. The van der Waals surface area contributed by atoms with Crippen LogP contribution in [0.25, 0.3) is 0 Å². The first-order chi connectivity index (χ1) is 11.3. The summed E-state index contributed by atoms with van der Waals surface area (Å²) in [5.41, 5.74) is 2.12. The zero-order valence-electron chi connectivity index (χ0n) is 13.9. The van der Waals surface area contributed by atoms with Crippen LogP contribution in [0.4, 0.5) is 4.79 Å². The van der Waals surface area contributed by atoms with Gasteiger partial charge in [-0.05, 0) is 31.6 Å². The number of carbonyl (C=O) groups is 1. The molecule has 3 aliphatic rings. The molecule has 1 aliphatic carbocycles. The summed E-state index contributed by atoms with van der Waals surface area (Å²) in [6.07, 6.45) is 14.8. The fourth-order valence-corrected chi connectivity index (χ4v) is 4.67. The molecule has 1 saturated carbocycles. The Morgan fingerprint density at radius 3 is 2.96 bits per heavy atom. The Balaban J connectivity index is 1.42. The summed E-state index contributed by atoms with van der Waals surface area (Å²) in [6.45, 7) is 2.26. The number of urea groups is 1. The molecule has 0 radical (unpaired) electrons. The van der Waals surface area contributed by atoms with Crippen LogP contribution in [0.3, 0.4) is 0 Å². The molecule has 2 atom stereocenters. The summed E-state index contributed by atoms with van der Waals surface area (Å²) in [6, 6.07) is 0.273. The minimum Gasteiger partial charge on any atom is -0.378 e. The van der Waals surface area contributed by atoms with Crippen LogP contribution in [0.15, 0.2) is 35.4 Å². The number of unbranched alkanes of at least 4 members (excludes halogenated alkanes) is 1. The molecule has 0 saturated heterocycles. The number of amides is 2. The van der Waals surface area contributed by atoms with Gasteiger partial charge in [-0.3, -0.25) is 0 Å². The molecular weight excluding hydrogens is 305 g/mol. The molecule has 3 N–H and O–H groups in total. The van der Waals surface area contributed by atoms with Gasteiger partial charge >= 0.3 is 6.03 Å². The van der Waals surface area contributed by atoms with Crippen LogP contribution < -0.4 is 16.0 Å². The highest BCUT2D eigenvalue weighted by atomic mass is 31.1. The van der Waals surface area contributed by atoms with Crippen LogP contribution in [0.2, 0.25) is 0 Å². The molecule has 126 valence electrons. The maximum absolute atomic E-state index is 12.3. The first kappa shape index (κ1) is 16.6. The van der Waals surface area contributed by atoms with E-state index in [-0.39, 0.29) is 6.03 Å². The predicted molar refractivity (Wildman–Crippen MR) is 97.5 cm³/mol. The predicted octanol–water partition coefficient (Wildman–Crippen LogP) is 3.94. The fraction of sp³-hybridized carbons (Fsp3) is 0.611. The van der Waals surface area contributed by atoms with Gasteiger partial charge in [0, 0.05) is 17.8 Å².